The molecule has 7 heteroatoms. The zero-order chi connectivity index (χ0) is 18.8. The Labute approximate surface area is 165 Å². The molecule has 2 aromatic heterocycles. The number of nitrogens with one attached hydrogen (secondary N) is 1. The molecule has 27 heavy (non-hydrogen) atoms. The highest BCUT2D eigenvalue weighted by atomic mass is 32.2. The van der Waals surface area contributed by atoms with Crippen molar-refractivity contribution in [2.45, 2.75) is 37.6 Å². The van der Waals surface area contributed by atoms with E-state index in [1.807, 2.05) is 0 Å². The number of amides is 1. The van der Waals surface area contributed by atoms with E-state index in [-0.39, 0.29) is 11.7 Å². The summed E-state index contributed by atoms with van der Waals surface area (Å²) in [7, 11) is 0. The van der Waals surface area contributed by atoms with Crippen LogP contribution in [-0.4, -0.2) is 27.4 Å². The fraction of sp³-hybridized carbons (Fsp3) is 0.300. The Kier molecular flexibility index (Phi) is 5.22. The summed E-state index contributed by atoms with van der Waals surface area (Å²) in [6.07, 6.45) is 6.24. The van der Waals surface area contributed by atoms with Gasteiger partial charge >= 0.3 is 0 Å². The Hall–Kier alpha value is -2.25. The van der Waals surface area contributed by atoms with Crippen LogP contribution in [0.3, 0.4) is 0 Å². The van der Waals surface area contributed by atoms with Crippen molar-refractivity contribution in [2.75, 3.05) is 11.1 Å². The van der Waals surface area contributed by atoms with Gasteiger partial charge in [-0.05, 0) is 55.5 Å². The van der Waals surface area contributed by atoms with Crippen LogP contribution >= 0.6 is 23.1 Å². The van der Waals surface area contributed by atoms with Crippen LogP contribution in [-0.2, 0) is 17.6 Å². The van der Waals surface area contributed by atoms with Gasteiger partial charge in [-0.3, -0.25) is 9.59 Å². The molecule has 1 amide bonds. The van der Waals surface area contributed by atoms with E-state index in [9.17, 15) is 9.59 Å². The number of Topliss-reactive ketones (excluding diaryl/α,β-unsaturated/α-hetero) is 1. The first-order valence-electron chi connectivity index (χ1n) is 8.90. The smallest absolute Gasteiger partial charge is 0.221 e. The summed E-state index contributed by atoms with van der Waals surface area (Å²) in [5.74, 6) is 0.248. The molecule has 0 aliphatic heterocycles. The first kappa shape index (κ1) is 18.1. The van der Waals surface area contributed by atoms with Crippen LogP contribution in [0.1, 0.15) is 40.6 Å². The third kappa shape index (κ3) is 3.89. The number of aromatic nitrogens is 2. The molecule has 1 aromatic carbocycles. The van der Waals surface area contributed by atoms with Gasteiger partial charge in [-0.2, -0.15) is 0 Å². The van der Waals surface area contributed by atoms with Crippen LogP contribution in [0.5, 0.6) is 0 Å². The van der Waals surface area contributed by atoms with E-state index in [0.29, 0.717) is 17.0 Å². The van der Waals surface area contributed by atoms with Crippen LogP contribution in [0.15, 0.2) is 35.6 Å². The molecule has 2 heterocycles. The third-order valence-electron chi connectivity index (χ3n) is 4.58. The molecule has 1 aliphatic rings. The Bertz CT molecular complexity index is 1010. The fourth-order valence-electron chi connectivity index (χ4n) is 3.33. The Morgan fingerprint density at radius 3 is 2.70 bits per heavy atom. The Morgan fingerprint density at radius 2 is 1.93 bits per heavy atom. The normalized spacial score (nSPS) is 13.4. The number of thioether (sulfide) groups is 1. The van der Waals surface area contributed by atoms with Gasteiger partial charge in [0.15, 0.2) is 5.78 Å². The minimum Gasteiger partial charge on any atom is -0.326 e. The highest BCUT2D eigenvalue weighted by Gasteiger charge is 2.20. The summed E-state index contributed by atoms with van der Waals surface area (Å²) < 4.78 is 0. The van der Waals surface area contributed by atoms with Crippen LogP contribution in [0.25, 0.3) is 10.2 Å². The summed E-state index contributed by atoms with van der Waals surface area (Å²) in [5.41, 5.74) is 2.71. The maximum absolute atomic E-state index is 12.6. The summed E-state index contributed by atoms with van der Waals surface area (Å²) >= 11 is 3.25. The Balaban J connectivity index is 1.51. The van der Waals surface area contributed by atoms with Gasteiger partial charge in [0, 0.05) is 28.4 Å². The maximum atomic E-state index is 12.6. The molecule has 4 rings (SSSR count). The van der Waals surface area contributed by atoms with Crippen molar-refractivity contribution in [3.63, 3.8) is 0 Å². The van der Waals surface area contributed by atoms with Crippen LogP contribution in [0.4, 0.5) is 5.69 Å². The summed E-state index contributed by atoms with van der Waals surface area (Å²) in [4.78, 5) is 35.0. The molecule has 0 saturated carbocycles. The van der Waals surface area contributed by atoms with Gasteiger partial charge in [0.2, 0.25) is 5.91 Å². The lowest BCUT2D eigenvalue weighted by Gasteiger charge is -2.11. The van der Waals surface area contributed by atoms with Crippen molar-refractivity contribution < 1.29 is 9.59 Å². The number of carbonyl (C=O) groups is 2. The molecule has 0 spiro atoms. The molecule has 0 saturated heterocycles. The van der Waals surface area contributed by atoms with Gasteiger partial charge < -0.3 is 5.32 Å². The van der Waals surface area contributed by atoms with Crippen molar-refractivity contribution in [1.82, 2.24) is 9.97 Å². The van der Waals surface area contributed by atoms with Crippen LogP contribution in [0, 0.1) is 0 Å². The molecule has 5 nitrogen and oxygen atoms in total. The minimum atomic E-state index is -0.128. The second-order valence-electron chi connectivity index (χ2n) is 6.54. The largest absolute Gasteiger partial charge is 0.326 e. The number of hydrogen-bond acceptors (Lipinski definition) is 6. The predicted octanol–water partition coefficient (Wildman–Crippen LogP) is 4.50. The number of thiophene rings is 1. The van der Waals surface area contributed by atoms with Crippen LogP contribution in [0.2, 0.25) is 0 Å². The van der Waals surface area contributed by atoms with Gasteiger partial charge in [-0.1, -0.05) is 11.8 Å². The van der Waals surface area contributed by atoms with Crippen molar-refractivity contribution >= 4 is 50.7 Å². The molecule has 0 bridgehead atoms. The van der Waals surface area contributed by atoms with E-state index in [1.54, 1.807) is 41.9 Å². The quantitative estimate of drug-likeness (QED) is 0.390. The molecule has 1 aliphatic carbocycles. The topological polar surface area (TPSA) is 72.0 Å². The van der Waals surface area contributed by atoms with Crippen molar-refractivity contribution in [3.8, 4) is 0 Å². The first-order valence-corrected chi connectivity index (χ1v) is 10.7. The average Bonchev–Trinajstić information content (AvgIpc) is 3.05. The number of ketones is 1. The highest BCUT2D eigenvalue weighted by molar-refractivity contribution is 8.00. The fourth-order valence-corrected chi connectivity index (χ4v) is 5.54. The molecule has 3 aromatic rings. The SMILES string of the molecule is CC(=O)Nc1ccc(C(=O)CSc2ncnc3sc4c(c23)CCCC4)cc1. The Morgan fingerprint density at radius 1 is 1.15 bits per heavy atom. The summed E-state index contributed by atoms with van der Waals surface area (Å²) in [5, 5.41) is 4.76. The van der Waals surface area contributed by atoms with Gasteiger partial charge in [-0.25, -0.2) is 9.97 Å². The monoisotopic (exact) mass is 397 g/mol. The molecule has 0 atom stereocenters. The summed E-state index contributed by atoms with van der Waals surface area (Å²) in [6, 6.07) is 6.99. The minimum absolute atomic E-state index is 0.0465. The number of fused-ring (bicyclic) bond motifs is 3. The second kappa shape index (κ2) is 7.78. The van der Waals surface area contributed by atoms with Crippen molar-refractivity contribution in [2.24, 2.45) is 0 Å². The number of carbonyl (C=O) groups excluding carboxylic acids is 2. The number of anilines is 1. The van der Waals surface area contributed by atoms with E-state index >= 15 is 0 Å². The lowest BCUT2D eigenvalue weighted by molar-refractivity contribution is -0.114. The van der Waals surface area contributed by atoms with Gasteiger partial charge in [0.1, 0.15) is 16.2 Å². The van der Waals surface area contributed by atoms with E-state index in [2.05, 4.69) is 15.3 Å². The number of aryl methyl sites for hydroxylation is 2. The molecule has 0 fully saturated rings. The highest BCUT2D eigenvalue weighted by Crippen LogP contribution is 2.39. The summed E-state index contributed by atoms with van der Waals surface area (Å²) in [6.45, 7) is 1.46. The van der Waals surface area contributed by atoms with Crippen LogP contribution < -0.4 is 5.32 Å². The lowest BCUT2D eigenvalue weighted by atomic mass is 9.97. The second-order valence-corrected chi connectivity index (χ2v) is 8.59. The lowest BCUT2D eigenvalue weighted by Crippen LogP contribution is -2.07. The van der Waals surface area contributed by atoms with Crippen molar-refractivity contribution in [1.29, 1.82) is 0 Å². The molecular formula is C20H19N3O2S2. The van der Waals surface area contributed by atoms with E-state index in [0.717, 1.165) is 28.1 Å². The zero-order valence-electron chi connectivity index (χ0n) is 14.9. The van der Waals surface area contributed by atoms with E-state index in [4.69, 9.17) is 0 Å². The zero-order valence-corrected chi connectivity index (χ0v) is 16.6. The third-order valence-corrected chi connectivity index (χ3v) is 6.77. The number of nitrogens with zero attached hydrogens (tertiary/aromatic N) is 2. The average molecular weight is 398 g/mol. The number of rotatable bonds is 5. The van der Waals surface area contributed by atoms with E-state index < -0.39 is 0 Å². The van der Waals surface area contributed by atoms with Gasteiger partial charge in [0.25, 0.3) is 0 Å². The standard InChI is InChI=1S/C20H19N3O2S2/c1-12(24)23-14-8-6-13(7-9-14)16(25)10-26-19-18-15-4-2-3-5-17(15)27-20(18)22-11-21-19/h6-9,11H,2-5,10H2,1H3,(H,23,24). The number of benzene rings is 1. The number of hydrogen-bond donors (Lipinski definition) is 1. The molecule has 0 radical (unpaired) electrons. The van der Waals surface area contributed by atoms with E-state index in [1.165, 1.54) is 42.0 Å². The predicted molar refractivity (Wildman–Crippen MR) is 110 cm³/mol. The molecular weight excluding hydrogens is 378 g/mol. The first-order chi connectivity index (χ1) is 13.1. The van der Waals surface area contributed by atoms with Gasteiger partial charge in [0.05, 0.1) is 5.75 Å². The van der Waals surface area contributed by atoms with Gasteiger partial charge in [-0.15, -0.1) is 11.3 Å². The molecule has 1 N–H and O–H groups in total. The molecule has 0 unspecified atom stereocenters. The van der Waals surface area contributed by atoms with Crippen molar-refractivity contribution in [3.05, 3.63) is 46.6 Å². The molecule has 138 valence electrons. The maximum Gasteiger partial charge on any atom is 0.221 e.